The first-order valence-corrected chi connectivity index (χ1v) is 7.77. The Kier molecular flexibility index (Phi) is 4.53. The van der Waals surface area contributed by atoms with Crippen LogP contribution in [-0.4, -0.2) is 24.7 Å². The van der Waals surface area contributed by atoms with Gasteiger partial charge in [-0.05, 0) is 36.7 Å². The Bertz CT molecular complexity index is 662. The number of hydrogen-bond acceptors (Lipinski definition) is 4. The molecule has 2 rings (SSSR count). The average molecular weight is 294 g/mol. The monoisotopic (exact) mass is 294 g/mol. The summed E-state index contributed by atoms with van der Waals surface area (Å²) in [6, 6.07) is 8.52. The van der Waals surface area contributed by atoms with Gasteiger partial charge in [-0.2, -0.15) is 5.10 Å². The van der Waals surface area contributed by atoms with Crippen molar-refractivity contribution in [2.45, 2.75) is 17.9 Å². The number of nitrogens with two attached hydrogens (primary N) is 1. The van der Waals surface area contributed by atoms with Crippen LogP contribution in [0.15, 0.2) is 41.4 Å². The molecule has 1 aromatic heterocycles. The first kappa shape index (κ1) is 14.7. The molecule has 0 saturated heterocycles. The van der Waals surface area contributed by atoms with Crippen LogP contribution in [0, 0.1) is 0 Å². The van der Waals surface area contributed by atoms with E-state index in [1.165, 1.54) is 0 Å². The summed E-state index contributed by atoms with van der Waals surface area (Å²) in [7, 11) is -1.74. The molecule has 20 heavy (non-hydrogen) atoms. The van der Waals surface area contributed by atoms with E-state index in [2.05, 4.69) is 9.82 Å². The van der Waals surface area contributed by atoms with E-state index in [4.69, 9.17) is 5.73 Å². The largest absolute Gasteiger partial charge is 0.330 e. The lowest BCUT2D eigenvalue weighted by atomic mass is 10.2. The van der Waals surface area contributed by atoms with Gasteiger partial charge in [-0.15, -0.1) is 0 Å². The van der Waals surface area contributed by atoms with Gasteiger partial charge in [0.05, 0.1) is 17.1 Å². The van der Waals surface area contributed by atoms with Crippen LogP contribution < -0.4 is 10.5 Å². The summed E-state index contributed by atoms with van der Waals surface area (Å²) < 4.78 is 28.5. The zero-order valence-electron chi connectivity index (χ0n) is 11.3. The Balaban J connectivity index is 2.08. The van der Waals surface area contributed by atoms with E-state index in [9.17, 15) is 8.42 Å². The van der Waals surface area contributed by atoms with Crippen molar-refractivity contribution in [2.75, 3.05) is 6.54 Å². The van der Waals surface area contributed by atoms with E-state index >= 15 is 0 Å². The number of nitrogens with zero attached hydrogens (tertiary/aromatic N) is 2. The lowest BCUT2D eigenvalue weighted by Crippen LogP contribution is -2.24. The highest BCUT2D eigenvalue weighted by Gasteiger charge is 2.14. The Morgan fingerprint density at radius 3 is 2.50 bits per heavy atom. The van der Waals surface area contributed by atoms with Gasteiger partial charge in [-0.1, -0.05) is 12.1 Å². The van der Waals surface area contributed by atoms with Crippen LogP contribution in [0.5, 0.6) is 0 Å². The zero-order valence-corrected chi connectivity index (χ0v) is 12.1. The van der Waals surface area contributed by atoms with E-state index in [1.54, 1.807) is 48.3 Å². The molecule has 2 aromatic rings. The summed E-state index contributed by atoms with van der Waals surface area (Å²) in [4.78, 5) is 0.250. The molecule has 1 heterocycles. The molecular weight excluding hydrogens is 276 g/mol. The fourth-order valence-electron chi connectivity index (χ4n) is 1.83. The third-order valence-electron chi connectivity index (χ3n) is 3.03. The fourth-order valence-corrected chi connectivity index (χ4v) is 2.83. The second-order valence-electron chi connectivity index (χ2n) is 4.45. The molecule has 0 aliphatic carbocycles. The summed E-state index contributed by atoms with van der Waals surface area (Å²) in [5, 5.41) is 3.99. The minimum absolute atomic E-state index is 0.212. The van der Waals surface area contributed by atoms with Gasteiger partial charge in [-0.3, -0.25) is 4.68 Å². The van der Waals surface area contributed by atoms with E-state index in [1.807, 2.05) is 0 Å². The first-order valence-electron chi connectivity index (χ1n) is 6.28. The molecule has 0 bridgehead atoms. The molecule has 108 valence electrons. The normalized spacial score (nSPS) is 11.7. The second-order valence-corrected chi connectivity index (χ2v) is 6.22. The predicted molar refractivity (Wildman–Crippen MR) is 76.4 cm³/mol. The highest BCUT2D eigenvalue weighted by atomic mass is 32.2. The minimum atomic E-state index is -3.51. The number of sulfonamides is 1. The topological polar surface area (TPSA) is 90.0 Å². The van der Waals surface area contributed by atoms with E-state index in [0.717, 1.165) is 17.7 Å². The Labute approximate surface area is 118 Å². The minimum Gasteiger partial charge on any atom is -0.330 e. The van der Waals surface area contributed by atoms with E-state index in [0.29, 0.717) is 6.54 Å². The third kappa shape index (κ3) is 3.44. The maximum atomic E-state index is 12.1. The van der Waals surface area contributed by atoms with Crippen molar-refractivity contribution in [2.24, 2.45) is 12.8 Å². The molecular formula is C13H18N4O2S. The molecule has 0 aliphatic rings. The number of hydrogen-bond donors (Lipinski definition) is 2. The second kappa shape index (κ2) is 6.17. The van der Waals surface area contributed by atoms with Crippen LogP contribution in [-0.2, 0) is 30.0 Å². The molecule has 0 saturated carbocycles. The summed E-state index contributed by atoms with van der Waals surface area (Å²) in [5.41, 5.74) is 7.29. The molecule has 0 aliphatic heterocycles. The molecule has 0 unspecified atom stereocenters. The summed E-state index contributed by atoms with van der Waals surface area (Å²) in [6.45, 7) is 0.758. The molecule has 0 amide bonds. The van der Waals surface area contributed by atoms with Crippen LogP contribution in [0.1, 0.15) is 11.3 Å². The standard InChI is InChI=1S/C13H18N4O2S/c1-17-12(7-9-15-17)10-16-20(18,19)13-4-2-11(3-5-13)6-8-14/h2-5,7,9,16H,6,8,10,14H2,1H3. The van der Waals surface area contributed by atoms with Crippen molar-refractivity contribution in [3.63, 3.8) is 0 Å². The van der Waals surface area contributed by atoms with Gasteiger partial charge in [0.1, 0.15) is 0 Å². The highest BCUT2D eigenvalue weighted by molar-refractivity contribution is 7.89. The van der Waals surface area contributed by atoms with Crippen molar-refractivity contribution >= 4 is 10.0 Å². The van der Waals surface area contributed by atoms with Gasteiger partial charge < -0.3 is 5.73 Å². The molecule has 1 aromatic carbocycles. The van der Waals surface area contributed by atoms with Crippen molar-refractivity contribution < 1.29 is 8.42 Å². The maximum absolute atomic E-state index is 12.1. The van der Waals surface area contributed by atoms with Gasteiger partial charge in [0.15, 0.2) is 0 Å². The number of benzene rings is 1. The van der Waals surface area contributed by atoms with Crippen molar-refractivity contribution in [1.29, 1.82) is 0 Å². The van der Waals surface area contributed by atoms with Crippen LogP contribution in [0.2, 0.25) is 0 Å². The van der Waals surface area contributed by atoms with Crippen LogP contribution in [0.3, 0.4) is 0 Å². The van der Waals surface area contributed by atoms with E-state index < -0.39 is 10.0 Å². The van der Waals surface area contributed by atoms with Gasteiger partial charge >= 0.3 is 0 Å². The van der Waals surface area contributed by atoms with E-state index in [-0.39, 0.29) is 11.4 Å². The first-order chi connectivity index (χ1) is 9.53. The van der Waals surface area contributed by atoms with Crippen molar-refractivity contribution in [3.05, 3.63) is 47.8 Å². The van der Waals surface area contributed by atoms with Gasteiger partial charge in [-0.25, -0.2) is 13.1 Å². The predicted octanol–water partition coefficient (Wildman–Crippen LogP) is 0.400. The molecule has 3 N–H and O–H groups in total. The number of rotatable bonds is 6. The molecule has 0 atom stereocenters. The number of aryl methyl sites for hydroxylation is 1. The number of aromatic nitrogens is 2. The highest BCUT2D eigenvalue weighted by Crippen LogP contribution is 2.11. The summed E-state index contributed by atoms with van der Waals surface area (Å²) >= 11 is 0. The lowest BCUT2D eigenvalue weighted by molar-refractivity contribution is 0.577. The van der Waals surface area contributed by atoms with Crippen LogP contribution in [0.4, 0.5) is 0 Å². The molecule has 0 radical (unpaired) electrons. The lowest BCUT2D eigenvalue weighted by Gasteiger charge is -2.08. The average Bonchev–Trinajstić information content (AvgIpc) is 2.83. The third-order valence-corrected chi connectivity index (χ3v) is 4.45. The number of nitrogens with one attached hydrogen (secondary N) is 1. The van der Waals surface area contributed by atoms with Crippen molar-refractivity contribution in [3.8, 4) is 0 Å². The van der Waals surface area contributed by atoms with Crippen molar-refractivity contribution in [1.82, 2.24) is 14.5 Å². The van der Waals surface area contributed by atoms with Crippen LogP contribution >= 0.6 is 0 Å². The fraction of sp³-hybridized carbons (Fsp3) is 0.308. The SMILES string of the molecule is Cn1nccc1CNS(=O)(=O)c1ccc(CCN)cc1. The summed E-state index contributed by atoms with van der Waals surface area (Å²) in [5.74, 6) is 0. The maximum Gasteiger partial charge on any atom is 0.240 e. The molecule has 6 nitrogen and oxygen atoms in total. The zero-order chi connectivity index (χ0) is 14.6. The molecule has 0 spiro atoms. The summed E-state index contributed by atoms with van der Waals surface area (Å²) in [6.07, 6.45) is 2.37. The Morgan fingerprint density at radius 2 is 1.95 bits per heavy atom. The smallest absolute Gasteiger partial charge is 0.240 e. The van der Waals surface area contributed by atoms with Gasteiger partial charge in [0.2, 0.25) is 10.0 Å². The van der Waals surface area contributed by atoms with Gasteiger partial charge in [0, 0.05) is 13.2 Å². The quantitative estimate of drug-likeness (QED) is 0.807. The Hall–Kier alpha value is -1.70. The molecule has 0 fully saturated rings. The van der Waals surface area contributed by atoms with Gasteiger partial charge in [0.25, 0.3) is 0 Å². The molecule has 7 heteroatoms. The van der Waals surface area contributed by atoms with Crippen LogP contribution in [0.25, 0.3) is 0 Å². The Morgan fingerprint density at radius 1 is 1.25 bits per heavy atom.